The van der Waals surface area contributed by atoms with Gasteiger partial charge in [-0.15, -0.1) is 11.8 Å². The summed E-state index contributed by atoms with van der Waals surface area (Å²) in [5.74, 6) is 1.20. The van der Waals surface area contributed by atoms with Crippen LogP contribution in [-0.4, -0.2) is 5.75 Å². The van der Waals surface area contributed by atoms with Gasteiger partial charge in [-0.25, -0.2) is 0 Å². The maximum atomic E-state index is 2.25. The molecule has 1 aromatic carbocycles. The van der Waals surface area contributed by atoms with Gasteiger partial charge in [0.1, 0.15) is 0 Å². The molecule has 0 fully saturated rings. The van der Waals surface area contributed by atoms with Gasteiger partial charge in [-0.2, -0.15) is 0 Å². The Bertz CT molecular complexity index is 309. The van der Waals surface area contributed by atoms with Crippen molar-refractivity contribution in [2.75, 3.05) is 5.75 Å². The number of hydrogen-bond donors (Lipinski definition) is 0. The zero-order valence-electron chi connectivity index (χ0n) is 9.21. The van der Waals surface area contributed by atoms with Crippen LogP contribution >= 0.6 is 11.8 Å². The zero-order valence-corrected chi connectivity index (χ0v) is 10.0. The minimum absolute atomic E-state index is 1.20. The second-order valence-corrected chi connectivity index (χ2v) is 4.74. The van der Waals surface area contributed by atoms with E-state index in [1.807, 2.05) is 11.8 Å². The van der Waals surface area contributed by atoms with Gasteiger partial charge in [0.25, 0.3) is 0 Å². The molecule has 1 aromatic rings. The van der Waals surface area contributed by atoms with E-state index in [9.17, 15) is 0 Å². The van der Waals surface area contributed by atoms with Crippen molar-refractivity contribution in [1.29, 1.82) is 0 Å². The molecule has 0 atom stereocenters. The summed E-state index contributed by atoms with van der Waals surface area (Å²) in [7, 11) is 0. The number of thioether (sulfide) groups is 1. The van der Waals surface area contributed by atoms with E-state index in [-0.39, 0.29) is 0 Å². The van der Waals surface area contributed by atoms with Crippen LogP contribution < -0.4 is 0 Å². The molecule has 0 N–H and O–H groups in total. The van der Waals surface area contributed by atoms with E-state index >= 15 is 0 Å². The Hall–Kier alpha value is -0.690. The van der Waals surface area contributed by atoms with Gasteiger partial charge in [0.15, 0.2) is 0 Å². The lowest BCUT2D eigenvalue weighted by molar-refractivity contribution is 1.10. The third-order valence-electron chi connectivity index (χ3n) is 1.82. The quantitative estimate of drug-likeness (QED) is 0.648. The molecule has 0 aromatic heterocycles. The van der Waals surface area contributed by atoms with Crippen molar-refractivity contribution in [2.45, 2.75) is 32.1 Å². The van der Waals surface area contributed by atoms with Gasteiger partial charge in [0, 0.05) is 4.90 Å². The van der Waals surface area contributed by atoms with Crippen LogP contribution in [-0.2, 0) is 0 Å². The fourth-order valence-electron chi connectivity index (χ4n) is 1.25. The molecular weight excluding hydrogens is 188 g/mol. The highest BCUT2D eigenvalue weighted by atomic mass is 32.2. The summed E-state index contributed by atoms with van der Waals surface area (Å²) in [5, 5.41) is 0. The van der Waals surface area contributed by atoms with E-state index in [0.717, 1.165) is 0 Å². The van der Waals surface area contributed by atoms with Gasteiger partial charge >= 0.3 is 0 Å². The van der Waals surface area contributed by atoms with Gasteiger partial charge in [0.2, 0.25) is 0 Å². The van der Waals surface area contributed by atoms with Crippen LogP contribution in [0.25, 0.3) is 6.08 Å². The number of rotatable bonds is 4. The average Bonchev–Trinajstić information content (AvgIpc) is 2.16. The summed E-state index contributed by atoms with van der Waals surface area (Å²) >= 11 is 1.94. The molecule has 0 spiro atoms. The smallest absolute Gasteiger partial charge is 0.0144 e. The third kappa shape index (κ3) is 3.59. The van der Waals surface area contributed by atoms with Crippen molar-refractivity contribution in [3.63, 3.8) is 0 Å². The Balaban J connectivity index is 2.86. The second kappa shape index (κ2) is 5.92. The summed E-state index contributed by atoms with van der Waals surface area (Å²) < 4.78 is 0. The summed E-state index contributed by atoms with van der Waals surface area (Å²) in [6.45, 7) is 6.50. The lowest BCUT2D eigenvalue weighted by Crippen LogP contribution is -1.81. The number of hydrogen-bond acceptors (Lipinski definition) is 1. The second-order valence-electron chi connectivity index (χ2n) is 3.61. The van der Waals surface area contributed by atoms with Crippen LogP contribution in [0.15, 0.2) is 34.7 Å². The van der Waals surface area contributed by atoms with Crippen molar-refractivity contribution < 1.29 is 0 Å². The molecule has 0 heterocycles. The highest BCUT2D eigenvalue weighted by Crippen LogP contribution is 2.24. The summed E-state index contributed by atoms with van der Waals surface area (Å²) in [6.07, 6.45) is 3.48. The fraction of sp³-hybridized carbons (Fsp3) is 0.385. The van der Waals surface area contributed by atoms with Gasteiger partial charge in [0.05, 0.1) is 0 Å². The highest BCUT2D eigenvalue weighted by Gasteiger charge is 1.98. The van der Waals surface area contributed by atoms with Gasteiger partial charge < -0.3 is 0 Å². The van der Waals surface area contributed by atoms with Crippen LogP contribution in [0.4, 0.5) is 0 Å². The molecule has 0 unspecified atom stereocenters. The largest absolute Gasteiger partial charge is 0.126 e. The molecule has 0 saturated carbocycles. The first-order chi connectivity index (χ1) is 6.74. The van der Waals surface area contributed by atoms with E-state index in [2.05, 4.69) is 51.1 Å². The Labute approximate surface area is 91.4 Å². The standard InChI is InChI=1S/C13H18S/c1-4-9-14-13-8-6-5-7-12(13)10-11(2)3/h5-8,10H,4,9H2,1-3H3. The summed E-state index contributed by atoms with van der Waals surface area (Å²) in [4.78, 5) is 1.40. The molecule has 0 aliphatic rings. The van der Waals surface area contributed by atoms with E-state index in [1.165, 1.54) is 28.2 Å². The first-order valence-electron chi connectivity index (χ1n) is 5.10. The molecule has 0 amide bonds. The minimum Gasteiger partial charge on any atom is -0.126 e. The SMILES string of the molecule is CCCSc1ccccc1C=C(C)C. The van der Waals surface area contributed by atoms with E-state index in [1.54, 1.807) is 0 Å². The topological polar surface area (TPSA) is 0 Å². The van der Waals surface area contributed by atoms with E-state index in [0.29, 0.717) is 0 Å². The maximum Gasteiger partial charge on any atom is 0.0144 e. The van der Waals surface area contributed by atoms with Crippen molar-refractivity contribution >= 4 is 17.8 Å². The summed E-state index contributed by atoms with van der Waals surface area (Å²) in [6, 6.07) is 8.60. The zero-order chi connectivity index (χ0) is 10.4. The van der Waals surface area contributed by atoms with Gasteiger partial charge in [-0.3, -0.25) is 0 Å². The Kier molecular flexibility index (Phi) is 4.81. The molecule has 0 radical (unpaired) electrons. The lowest BCUT2D eigenvalue weighted by atomic mass is 10.1. The first-order valence-corrected chi connectivity index (χ1v) is 6.09. The van der Waals surface area contributed by atoms with Crippen LogP contribution in [0.2, 0.25) is 0 Å². The maximum absolute atomic E-state index is 2.25. The Morgan fingerprint density at radius 2 is 2.00 bits per heavy atom. The predicted molar refractivity (Wildman–Crippen MR) is 66.8 cm³/mol. The normalized spacial score (nSPS) is 9.93. The molecule has 1 rings (SSSR count). The molecule has 0 aliphatic carbocycles. The molecule has 0 aliphatic heterocycles. The van der Waals surface area contributed by atoms with Gasteiger partial charge in [-0.05, 0) is 37.7 Å². The minimum atomic E-state index is 1.20. The molecule has 0 bridgehead atoms. The van der Waals surface area contributed by atoms with Crippen LogP contribution in [0.1, 0.15) is 32.8 Å². The summed E-state index contributed by atoms with van der Waals surface area (Å²) in [5.41, 5.74) is 2.71. The van der Waals surface area contributed by atoms with Gasteiger partial charge in [-0.1, -0.05) is 36.8 Å². The van der Waals surface area contributed by atoms with Crippen LogP contribution in [0.3, 0.4) is 0 Å². The molecule has 14 heavy (non-hydrogen) atoms. The molecule has 1 heteroatoms. The fourth-order valence-corrected chi connectivity index (χ4v) is 2.15. The lowest BCUT2D eigenvalue weighted by Gasteiger charge is -2.04. The van der Waals surface area contributed by atoms with E-state index in [4.69, 9.17) is 0 Å². The molecular formula is C13H18S. The molecule has 0 saturated heterocycles. The molecule has 0 nitrogen and oxygen atoms in total. The first kappa shape index (κ1) is 11.4. The average molecular weight is 206 g/mol. The third-order valence-corrected chi connectivity index (χ3v) is 3.12. The molecule has 76 valence electrons. The van der Waals surface area contributed by atoms with E-state index < -0.39 is 0 Å². The van der Waals surface area contributed by atoms with Crippen molar-refractivity contribution in [3.05, 3.63) is 35.4 Å². The van der Waals surface area contributed by atoms with Crippen molar-refractivity contribution in [3.8, 4) is 0 Å². The van der Waals surface area contributed by atoms with Crippen molar-refractivity contribution in [2.24, 2.45) is 0 Å². The monoisotopic (exact) mass is 206 g/mol. The Morgan fingerprint density at radius 3 is 2.64 bits per heavy atom. The van der Waals surface area contributed by atoms with Crippen LogP contribution in [0.5, 0.6) is 0 Å². The van der Waals surface area contributed by atoms with Crippen molar-refractivity contribution in [1.82, 2.24) is 0 Å². The Morgan fingerprint density at radius 1 is 1.29 bits per heavy atom. The number of benzene rings is 1. The van der Waals surface area contributed by atoms with Crippen LogP contribution in [0, 0.1) is 0 Å². The number of allylic oxidation sites excluding steroid dienone is 1. The predicted octanol–water partition coefficient (Wildman–Crippen LogP) is 4.61. The highest BCUT2D eigenvalue weighted by molar-refractivity contribution is 7.99.